The first-order valence-corrected chi connectivity index (χ1v) is 11.1. The minimum Gasteiger partial charge on any atom is -0.462 e. The molecule has 0 saturated heterocycles. The van der Waals surface area contributed by atoms with E-state index in [1.165, 1.54) is 37.0 Å². The molecule has 1 fully saturated rings. The van der Waals surface area contributed by atoms with E-state index in [1.807, 2.05) is 14.0 Å². The van der Waals surface area contributed by atoms with E-state index in [-0.39, 0.29) is 11.9 Å². The van der Waals surface area contributed by atoms with Crippen molar-refractivity contribution in [1.82, 2.24) is 4.90 Å². The lowest BCUT2D eigenvalue weighted by Crippen LogP contribution is -2.39. The molecule has 0 spiro atoms. The van der Waals surface area contributed by atoms with Crippen LogP contribution in [0.5, 0.6) is 0 Å². The van der Waals surface area contributed by atoms with Gasteiger partial charge in [0.25, 0.3) is 0 Å². The van der Waals surface area contributed by atoms with Gasteiger partial charge in [-0.1, -0.05) is 26.2 Å². The Morgan fingerprint density at radius 2 is 1.96 bits per heavy atom. The van der Waals surface area contributed by atoms with Crippen LogP contribution >= 0.6 is 11.3 Å². The second-order valence-electron chi connectivity index (χ2n) is 8.03. The second-order valence-corrected chi connectivity index (χ2v) is 9.14. The van der Waals surface area contributed by atoms with E-state index in [9.17, 15) is 9.59 Å². The number of amides is 1. The Labute approximate surface area is 166 Å². The summed E-state index contributed by atoms with van der Waals surface area (Å²) in [6.07, 6.45) is 9.08. The first-order chi connectivity index (χ1) is 13.0. The number of carbonyl (C=O) groups is 2. The van der Waals surface area contributed by atoms with Crippen molar-refractivity contribution >= 4 is 28.2 Å². The van der Waals surface area contributed by atoms with E-state index in [0.29, 0.717) is 35.7 Å². The molecule has 2 aliphatic carbocycles. The molecule has 1 N–H and O–H groups in total. The SMILES string of the molecule is CCOC(=O)c1c(NC(=O)CN(C)C2CCCCC2)sc2c1CC[C@H](C)C2. The van der Waals surface area contributed by atoms with Gasteiger partial charge in [0.15, 0.2) is 0 Å². The van der Waals surface area contributed by atoms with E-state index in [1.54, 1.807) is 11.3 Å². The van der Waals surface area contributed by atoms with Crippen molar-refractivity contribution < 1.29 is 14.3 Å². The number of carbonyl (C=O) groups excluding carboxylic acids is 2. The van der Waals surface area contributed by atoms with Gasteiger partial charge in [-0.3, -0.25) is 9.69 Å². The molecule has 0 aromatic carbocycles. The van der Waals surface area contributed by atoms with Crippen molar-refractivity contribution in [3.8, 4) is 0 Å². The van der Waals surface area contributed by atoms with Crippen LogP contribution in [0.25, 0.3) is 0 Å². The van der Waals surface area contributed by atoms with Crippen LogP contribution in [0.3, 0.4) is 0 Å². The summed E-state index contributed by atoms with van der Waals surface area (Å²) < 4.78 is 5.28. The maximum atomic E-state index is 12.7. The highest BCUT2D eigenvalue weighted by Crippen LogP contribution is 2.40. The fraction of sp³-hybridized carbons (Fsp3) is 0.714. The van der Waals surface area contributed by atoms with Crippen LogP contribution in [-0.4, -0.2) is 43.0 Å². The number of hydrogen-bond donors (Lipinski definition) is 1. The molecule has 150 valence electrons. The number of fused-ring (bicyclic) bond motifs is 1. The van der Waals surface area contributed by atoms with Gasteiger partial charge in [-0.15, -0.1) is 11.3 Å². The third-order valence-corrected chi connectivity index (χ3v) is 7.01. The Bertz CT molecular complexity index is 679. The molecule has 1 saturated carbocycles. The summed E-state index contributed by atoms with van der Waals surface area (Å²) >= 11 is 1.56. The van der Waals surface area contributed by atoms with Gasteiger partial charge in [0, 0.05) is 10.9 Å². The normalized spacial score (nSPS) is 20.4. The molecule has 0 bridgehead atoms. The summed E-state index contributed by atoms with van der Waals surface area (Å²) in [6.45, 7) is 4.77. The quantitative estimate of drug-likeness (QED) is 0.735. The molecule has 0 aliphatic heterocycles. The minimum absolute atomic E-state index is 0.0414. The first-order valence-electron chi connectivity index (χ1n) is 10.3. The molecule has 27 heavy (non-hydrogen) atoms. The molecule has 2 aliphatic rings. The van der Waals surface area contributed by atoms with E-state index < -0.39 is 0 Å². The van der Waals surface area contributed by atoms with E-state index in [0.717, 1.165) is 24.8 Å². The summed E-state index contributed by atoms with van der Waals surface area (Å²) in [6, 6.07) is 0.492. The maximum absolute atomic E-state index is 12.7. The van der Waals surface area contributed by atoms with Gasteiger partial charge in [-0.05, 0) is 57.6 Å². The molecule has 1 atom stereocenters. The lowest BCUT2D eigenvalue weighted by Gasteiger charge is -2.30. The van der Waals surface area contributed by atoms with Crippen molar-refractivity contribution in [2.24, 2.45) is 5.92 Å². The lowest BCUT2D eigenvalue weighted by molar-refractivity contribution is -0.117. The van der Waals surface area contributed by atoms with Crippen molar-refractivity contribution in [3.05, 3.63) is 16.0 Å². The molecule has 1 aromatic rings. The molecular formula is C21H32N2O3S. The highest BCUT2D eigenvalue weighted by Gasteiger charge is 2.29. The summed E-state index contributed by atoms with van der Waals surface area (Å²) in [5.41, 5.74) is 1.69. The van der Waals surface area contributed by atoms with E-state index in [2.05, 4.69) is 17.1 Å². The molecule has 1 amide bonds. The van der Waals surface area contributed by atoms with E-state index in [4.69, 9.17) is 4.74 Å². The lowest BCUT2D eigenvalue weighted by atomic mass is 9.88. The Morgan fingerprint density at radius 3 is 2.67 bits per heavy atom. The third-order valence-electron chi connectivity index (χ3n) is 5.84. The third kappa shape index (κ3) is 4.91. The Hall–Kier alpha value is -1.40. The maximum Gasteiger partial charge on any atom is 0.341 e. The molecule has 3 rings (SSSR count). The number of hydrogen-bond acceptors (Lipinski definition) is 5. The van der Waals surface area contributed by atoms with Gasteiger partial charge in [-0.2, -0.15) is 0 Å². The molecule has 0 radical (unpaired) electrons. The van der Waals surface area contributed by atoms with Gasteiger partial charge < -0.3 is 10.1 Å². The smallest absolute Gasteiger partial charge is 0.341 e. The largest absolute Gasteiger partial charge is 0.462 e. The number of nitrogens with one attached hydrogen (secondary N) is 1. The zero-order chi connectivity index (χ0) is 19.4. The molecule has 5 nitrogen and oxygen atoms in total. The highest BCUT2D eigenvalue weighted by molar-refractivity contribution is 7.17. The Balaban J connectivity index is 1.73. The van der Waals surface area contributed by atoms with Gasteiger partial charge in [-0.25, -0.2) is 4.79 Å². The van der Waals surface area contributed by atoms with Crippen LogP contribution in [0.2, 0.25) is 0 Å². The van der Waals surface area contributed by atoms with Gasteiger partial charge in [0.2, 0.25) is 5.91 Å². The second kappa shape index (κ2) is 9.20. The van der Waals surface area contributed by atoms with Crippen LogP contribution in [0.1, 0.15) is 73.2 Å². The van der Waals surface area contributed by atoms with Crippen molar-refractivity contribution in [1.29, 1.82) is 0 Å². The average molecular weight is 393 g/mol. The van der Waals surface area contributed by atoms with Crippen LogP contribution in [0.4, 0.5) is 5.00 Å². The van der Waals surface area contributed by atoms with Gasteiger partial charge in [0.05, 0.1) is 18.7 Å². The predicted molar refractivity (Wildman–Crippen MR) is 110 cm³/mol. The number of likely N-dealkylation sites (N-methyl/N-ethyl adjacent to an activating group) is 1. The number of ether oxygens (including phenoxy) is 1. The Morgan fingerprint density at radius 1 is 1.22 bits per heavy atom. The predicted octanol–water partition coefficient (Wildman–Crippen LogP) is 4.25. The standard InChI is InChI=1S/C21H32N2O3S/c1-4-26-21(25)19-16-11-10-14(2)12-17(16)27-20(19)22-18(24)13-23(3)15-8-6-5-7-9-15/h14-15H,4-13H2,1-3H3,(H,22,24)/t14-/m0/s1. The van der Waals surface area contributed by atoms with Crippen LogP contribution < -0.4 is 5.32 Å². The fourth-order valence-corrected chi connectivity index (χ4v) is 5.72. The van der Waals surface area contributed by atoms with E-state index >= 15 is 0 Å². The number of nitrogens with zero attached hydrogens (tertiary/aromatic N) is 1. The van der Waals surface area contributed by atoms with Gasteiger partial charge >= 0.3 is 5.97 Å². The summed E-state index contributed by atoms with van der Waals surface area (Å²) in [7, 11) is 2.03. The highest BCUT2D eigenvalue weighted by atomic mass is 32.1. The van der Waals surface area contributed by atoms with Crippen molar-refractivity contribution in [2.75, 3.05) is 25.5 Å². The molecule has 1 aromatic heterocycles. The number of anilines is 1. The summed E-state index contributed by atoms with van der Waals surface area (Å²) in [5, 5.41) is 3.70. The topological polar surface area (TPSA) is 58.6 Å². The zero-order valence-corrected chi connectivity index (χ0v) is 17.6. The fourth-order valence-electron chi connectivity index (χ4n) is 4.30. The molecule has 6 heteroatoms. The first kappa shape index (κ1) is 20.3. The monoisotopic (exact) mass is 392 g/mol. The summed E-state index contributed by atoms with van der Waals surface area (Å²) in [4.78, 5) is 28.6. The van der Waals surface area contributed by atoms with Crippen LogP contribution in [-0.2, 0) is 22.4 Å². The average Bonchev–Trinajstić information content (AvgIpc) is 2.99. The minimum atomic E-state index is -0.305. The van der Waals surface area contributed by atoms with Gasteiger partial charge in [0.1, 0.15) is 5.00 Å². The van der Waals surface area contributed by atoms with Crippen LogP contribution in [0.15, 0.2) is 0 Å². The number of thiophene rings is 1. The number of rotatable bonds is 6. The van der Waals surface area contributed by atoms with Crippen LogP contribution in [0, 0.1) is 5.92 Å². The molecule has 0 unspecified atom stereocenters. The van der Waals surface area contributed by atoms with Crippen molar-refractivity contribution in [3.63, 3.8) is 0 Å². The molecule has 1 heterocycles. The van der Waals surface area contributed by atoms with Crippen molar-refractivity contribution in [2.45, 2.75) is 71.3 Å². The zero-order valence-electron chi connectivity index (χ0n) is 16.8. The number of esters is 1. The molecular weight excluding hydrogens is 360 g/mol. The Kier molecular flexibility index (Phi) is 6.93. The summed E-state index contributed by atoms with van der Waals surface area (Å²) in [5.74, 6) is 0.271.